The predicted molar refractivity (Wildman–Crippen MR) is 65.9 cm³/mol. The third-order valence-corrected chi connectivity index (χ3v) is 4.68. The van der Waals surface area contributed by atoms with E-state index in [9.17, 15) is 0 Å². The van der Waals surface area contributed by atoms with Crippen LogP contribution < -0.4 is 5.32 Å². The highest BCUT2D eigenvalue weighted by atomic mass is 14.9. The molecule has 0 heterocycles. The maximum absolute atomic E-state index is 3.74. The summed E-state index contributed by atoms with van der Waals surface area (Å²) < 4.78 is 0. The van der Waals surface area contributed by atoms with E-state index in [1.807, 2.05) is 0 Å². The number of fused-ring (bicyclic) bond motifs is 2. The average molecular weight is 209 g/mol. The SMILES string of the molecule is CCCCCNC(C)C1CC2CCC1C2. The smallest absolute Gasteiger partial charge is 0.00697 e. The van der Waals surface area contributed by atoms with E-state index in [0.717, 1.165) is 23.8 Å². The third kappa shape index (κ3) is 2.75. The first-order valence-electron chi connectivity index (χ1n) is 7.04. The molecule has 2 rings (SSSR count). The average Bonchev–Trinajstić information content (AvgIpc) is 2.85. The van der Waals surface area contributed by atoms with Gasteiger partial charge in [-0.15, -0.1) is 0 Å². The first-order chi connectivity index (χ1) is 7.31. The summed E-state index contributed by atoms with van der Waals surface area (Å²) in [5, 5.41) is 3.74. The zero-order valence-electron chi connectivity index (χ0n) is 10.5. The molecule has 0 saturated heterocycles. The van der Waals surface area contributed by atoms with Crippen LogP contribution in [0, 0.1) is 17.8 Å². The van der Waals surface area contributed by atoms with Crippen LogP contribution in [0.3, 0.4) is 0 Å². The Morgan fingerprint density at radius 2 is 2.07 bits per heavy atom. The van der Waals surface area contributed by atoms with Crippen LogP contribution in [-0.2, 0) is 0 Å². The van der Waals surface area contributed by atoms with Gasteiger partial charge in [-0.2, -0.15) is 0 Å². The summed E-state index contributed by atoms with van der Waals surface area (Å²) in [4.78, 5) is 0. The minimum Gasteiger partial charge on any atom is -0.314 e. The summed E-state index contributed by atoms with van der Waals surface area (Å²) in [6.45, 7) is 5.93. The molecule has 2 aliphatic carbocycles. The molecule has 2 fully saturated rings. The van der Waals surface area contributed by atoms with Crippen molar-refractivity contribution in [1.82, 2.24) is 5.32 Å². The van der Waals surface area contributed by atoms with Gasteiger partial charge in [0.1, 0.15) is 0 Å². The molecule has 4 atom stereocenters. The lowest BCUT2D eigenvalue weighted by molar-refractivity contribution is 0.260. The first-order valence-corrected chi connectivity index (χ1v) is 7.04. The number of nitrogens with one attached hydrogen (secondary N) is 1. The van der Waals surface area contributed by atoms with Gasteiger partial charge in [0.25, 0.3) is 0 Å². The second kappa shape index (κ2) is 5.34. The van der Waals surface area contributed by atoms with Crippen molar-refractivity contribution in [2.75, 3.05) is 6.54 Å². The molecule has 0 aromatic carbocycles. The Kier molecular flexibility index (Phi) is 4.07. The zero-order chi connectivity index (χ0) is 10.7. The van der Waals surface area contributed by atoms with Crippen LogP contribution in [0.1, 0.15) is 58.8 Å². The summed E-state index contributed by atoms with van der Waals surface area (Å²) in [5.74, 6) is 3.17. The summed E-state index contributed by atoms with van der Waals surface area (Å²) in [7, 11) is 0. The monoisotopic (exact) mass is 209 g/mol. The van der Waals surface area contributed by atoms with E-state index in [1.165, 1.54) is 45.1 Å². The van der Waals surface area contributed by atoms with Gasteiger partial charge in [-0.1, -0.05) is 26.2 Å². The van der Waals surface area contributed by atoms with Crippen molar-refractivity contribution in [2.45, 2.75) is 64.8 Å². The quantitative estimate of drug-likeness (QED) is 0.659. The molecule has 0 radical (unpaired) electrons. The van der Waals surface area contributed by atoms with Gasteiger partial charge in [-0.3, -0.25) is 0 Å². The fraction of sp³-hybridized carbons (Fsp3) is 1.00. The lowest BCUT2D eigenvalue weighted by Gasteiger charge is -2.28. The molecule has 0 spiro atoms. The maximum atomic E-state index is 3.74. The van der Waals surface area contributed by atoms with Crippen molar-refractivity contribution in [3.05, 3.63) is 0 Å². The molecule has 2 bridgehead atoms. The summed E-state index contributed by atoms with van der Waals surface area (Å²) in [5.41, 5.74) is 0. The van der Waals surface area contributed by atoms with Gasteiger partial charge in [0, 0.05) is 6.04 Å². The van der Waals surface area contributed by atoms with E-state index < -0.39 is 0 Å². The molecule has 88 valence electrons. The van der Waals surface area contributed by atoms with Gasteiger partial charge < -0.3 is 5.32 Å². The van der Waals surface area contributed by atoms with Crippen molar-refractivity contribution >= 4 is 0 Å². The minimum absolute atomic E-state index is 0.775. The summed E-state index contributed by atoms with van der Waals surface area (Å²) in [6, 6.07) is 0.775. The largest absolute Gasteiger partial charge is 0.314 e. The van der Waals surface area contributed by atoms with Crippen LogP contribution in [0.5, 0.6) is 0 Å². The molecule has 1 heteroatoms. The highest BCUT2D eigenvalue weighted by Crippen LogP contribution is 2.49. The fourth-order valence-electron chi connectivity index (χ4n) is 3.76. The number of hydrogen-bond donors (Lipinski definition) is 1. The van der Waals surface area contributed by atoms with E-state index in [-0.39, 0.29) is 0 Å². The Morgan fingerprint density at radius 3 is 2.67 bits per heavy atom. The second-order valence-corrected chi connectivity index (χ2v) is 5.79. The molecule has 1 nitrogen and oxygen atoms in total. The molecule has 0 amide bonds. The maximum Gasteiger partial charge on any atom is 0.00697 e. The standard InChI is InChI=1S/C14H27N/c1-3-4-5-8-15-11(2)14-10-12-6-7-13(14)9-12/h11-15H,3-10H2,1-2H3. The van der Waals surface area contributed by atoms with E-state index in [0.29, 0.717) is 0 Å². The summed E-state index contributed by atoms with van der Waals surface area (Å²) in [6.07, 6.45) is 10.2. The Bertz CT molecular complexity index is 190. The van der Waals surface area contributed by atoms with Crippen molar-refractivity contribution in [3.63, 3.8) is 0 Å². The normalized spacial score (nSPS) is 36.0. The Morgan fingerprint density at radius 1 is 1.20 bits per heavy atom. The molecule has 2 aliphatic rings. The molecule has 0 aliphatic heterocycles. The van der Waals surface area contributed by atoms with Crippen LogP contribution in [-0.4, -0.2) is 12.6 Å². The highest BCUT2D eigenvalue weighted by Gasteiger charge is 2.41. The highest BCUT2D eigenvalue weighted by molar-refractivity contribution is 4.93. The van der Waals surface area contributed by atoms with Gasteiger partial charge in [0.2, 0.25) is 0 Å². The topological polar surface area (TPSA) is 12.0 Å². The van der Waals surface area contributed by atoms with Crippen molar-refractivity contribution in [3.8, 4) is 0 Å². The number of unbranched alkanes of at least 4 members (excludes halogenated alkanes) is 2. The van der Waals surface area contributed by atoms with Gasteiger partial charge in [0.05, 0.1) is 0 Å². The van der Waals surface area contributed by atoms with E-state index in [2.05, 4.69) is 19.2 Å². The molecule has 4 unspecified atom stereocenters. The van der Waals surface area contributed by atoms with Crippen molar-refractivity contribution in [1.29, 1.82) is 0 Å². The van der Waals surface area contributed by atoms with Gasteiger partial charge in [-0.05, 0) is 56.9 Å². The number of rotatable bonds is 6. The number of hydrogen-bond acceptors (Lipinski definition) is 1. The fourth-order valence-corrected chi connectivity index (χ4v) is 3.76. The Balaban J connectivity index is 1.65. The minimum atomic E-state index is 0.775. The molecule has 1 N–H and O–H groups in total. The van der Waals surface area contributed by atoms with Crippen LogP contribution in [0.2, 0.25) is 0 Å². The Labute approximate surface area is 95.0 Å². The molecular formula is C14H27N. The molecule has 2 saturated carbocycles. The van der Waals surface area contributed by atoms with Gasteiger partial charge in [0.15, 0.2) is 0 Å². The zero-order valence-corrected chi connectivity index (χ0v) is 10.5. The molecular weight excluding hydrogens is 182 g/mol. The van der Waals surface area contributed by atoms with Crippen LogP contribution in [0.15, 0.2) is 0 Å². The van der Waals surface area contributed by atoms with E-state index in [4.69, 9.17) is 0 Å². The Hall–Kier alpha value is -0.0400. The molecule has 0 aromatic heterocycles. The van der Waals surface area contributed by atoms with Gasteiger partial charge in [-0.25, -0.2) is 0 Å². The van der Waals surface area contributed by atoms with Crippen LogP contribution in [0.25, 0.3) is 0 Å². The van der Waals surface area contributed by atoms with E-state index >= 15 is 0 Å². The van der Waals surface area contributed by atoms with Crippen molar-refractivity contribution in [2.24, 2.45) is 17.8 Å². The molecule has 0 aromatic rings. The lowest BCUT2D eigenvalue weighted by Crippen LogP contribution is -2.36. The predicted octanol–water partition coefficient (Wildman–Crippen LogP) is 3.59. The van der Waals surface area contributed by atoms with Crippen molar-refractivity contribution < 1.29 is 0 Å². The van der Waals surface area contributed by atoms with Crippen LogP contribution >= 0.6 is 0 Å². The third-order valence-electron chi connectivity index (χ3n) is 4.68. The second-order valence-electron chi connectivity index (χ2n) is 5.79. The summed E-state index contributed by atoms with van der Waals surface area (Å²) >= 11 is 0. The van der Waals surface area contributed by atoms with E-state index in [1.54, 1.807) is 6.42 Å². The lowest BCUT2D eigenvalue weighted by atomic mass is 9.84. The van der Waals surface area contributed by atoms with Crippen LogP contribution in [0.4, 0.5) is 0 Å². The molecule has 15 heavy (non-hydrogen) atoms. The van der Waals surface area contributed by atoms with Gasteiger partial charge >= 0.3 is 0 Å². The first kappa shape index (κ1) is 11.4.